The molecule has 0 fully saturated rings. The van der Waals surface area contributed by atoms with E-state index in [0.29, 0.717) is 31.6 Å². The summed E-state index contributed by atoms with van der Waals surface area (Å²) in [4.78, 5) is 29.7. The van der Waals surface area contributed by atoms with Crippen LogP contribution in [0.15, 0.2) is 84.9 Å². The third-order valence-electron chi connectivity index (χ3n) is 6.48. The van der Waals surface area contributed by atoms with Gasteiger partial charge in [-0.3, -0.25) is 14.6 Å². The molecule has 0 saturated heterocycles. The third-order valence-corrected chi connectivity index (χ3v) is 6.48. The Kier molecular flexibility index (Phi) is 9.13. The number of pyridine rings is 1. The van der Waals surface area contributed by atoms with Crippen LogP contribution in [-0.4, -0.2) is 42.4 Å². The zero-order chi connectivity index (χ0) is 26.0. The molecule has 0 aliphatic rings. The molecule has 1 unspecified atom stereocenters. The molecule has 0 saturated carbocycles. The van der Waals surface area contributed by atoms with Crippen LogP contribution in [0.2, 0.25) is 0 Å². The highest BCUT2D eigenvalue weighted by atomic mass is 16.2. The molecule has 4 rings (SSSR count). The van der Waals surface area contributed by atoms with Gasteiger partial charge in [-0.05, 0) is 55.5 Å². The van der Waals surface area contributed by atoms with Gasteiger partial charge in [0, 0.05) is 23.2 Å². The van der Waals surface area contributed by atoms with Crippen LogP contribution in [-0.2, 0) is 11.2 Å². The first kappa shape index (κ1) is 26.2. The van der Waals surface area contributed by atoms with Crippen LogP contribution in [0.4, 0.5) is 0 Å². The third kappa shape index (κ3) is 6.88. The average molecular weight is 495 g/mol. The van der Waals surface area contributed by atoms with Crippen molar-refractivity contribution in [1.82, 2.24) is 15.6 Å². The fourth-order valence-electron chi connectivity index (χ4n) is 4.52. The Hall–Kier alpha value is -3.87. The first-order chi connectivity index (χ1) is 18.0. The molecule has 3 aromatic carbocycles. The van der Waals surface area contributed by atoms with E-state index in [1.54, 1.807) is 0 Å². The van der Waals surface area contributed by atoms with Gasteiger partial charge in [-0.25, -0.2) is 0 Å². The number of nitrogens with one attached hydrogen (secondary N) is 2. The summed E-state index contributed by atoms with van der Waals surface area (Å²) in [6.07, 6.45) is 2.06. The molecule has 0 radical (unpaired) electrons. The molecular formula is C31H34N4O2. The van der Waals surface area contributed by atoms with Gasteiger partial charge in [-0.1, -0.05) is 78.9 Å². The van der Waals surface area contributed by atoms with Gasteiger partial charge in [0.05, 0.1) is 18.1 Å². The number of hydrogen-bond acceptors (Lipinski definition) is 5. The normalized spacial score (nSPS) is 11.8. The number of nitrogens with zero attached hydrogens (tertiary/aromatic N) is 1. The van der Waals surface area contributed by atoms with E-state index in [4.69, 9.17) is 10.7 Å². The Bertz CT molecular complexity index is 1340. The van der Waals surface area contributed by atoms with Crippen LogP contribution in [0.25, 0.3) is 22.0 Å². The number of benzene rings is 3. The lowest BCUT2D eigenvalue weighted by Crippen LogP contribution is -2.42. The van der Waals surface area contributed by atoms with E-state index in [9.17, 15) is 9.59 Å². The molecule has 4 N–H and O–H groups in total. The van der Waals surface area contributed by atoms with Gasteiger partial charge in [-0.15, -0.1) is 0 Å². The number of hydrogen-bond donors (Lipinski definition) is 3. The topological polar surface area (TPSA) is 97.1 Å². The Morgan fingerprint density at radius 2 is 1.51 bits per heavy atom. The lowest BCUT2D eigenvalue weighted by Gasteiger charge is -2.19. The largest absolute Gasteiger partial charge is 0.355 e. The van der Waals surface area contributed by atoms with Crippen molar-refractivity contribution in [2.75, 3.05) is 19.6 Å². The number of amides is 1. The minimum Gasteiger partial charge on any atom is -0.355 e. The molecule has 4 aromatic rings. The van der Waals surface area contributed by atoms with Gasteiger partial charge in [0.15, 0.2) is 5.78 Å². The molecule has 0 aliphatic heterocycles. The molecule has 0 bridgehead atoms. The van der Waals surface area contributed by atoms with Crippen LogP contribution in [0.1, 0.15) is 34.5 Å². The van der Waals surface area contributed by atoms with Gasteiger partial charge in [0.25, 0.3) is 0 Å². The predicted octanol–water partition coefficient (Wildman–Crippen LogP) is 4.45. The Balaban J connectivity index is 1.29. The SMILES string of the molecule is Cc1nc2ccccc2c(-c2ccccc2)c1CC(N)C(=O)NCCCCNCC(=O)c1ccccc1. The van der Waals surface area contributed by atoms with E-state index < -0.39 is 6.04 Å². The van der Waals surface area contributed by atoms with Crippen molar-refractivity contribution in [1.29, 1.82) is 0 Å². The van der Waals surface area contributed by atoms with Crippen LogP contribution >= 0.6 is 0 Å². The molecule has 1 amide bonds. The average Bonchev–Trinajstić information content (AvgIpc) is 2.93. The maximum Gasteiger partial charge on any atom is 0.237 e. The van der Waals surface area contributed by atoms with Crippen LogP contribution in [0.5, 0.6) is 0 Å². The van der Waals surface area contributed by atoms with Crippen molar-refractivity contribution in [3.8, 4) is 11.1 Å². The van der Waals surface area contributed by atoms with E-state index in [0.717, 1.165) is 46.1 Å². The second kappa shape index (κ2) is 12.9. The number of aromatic nitrogens is 1. The molecular weight excluding hydrogens is 460 g/mol. The summed E-state index contributed by atoms with van der Waals surface area (Å²) in [6.45, 7) is 3.54. The first-order valence-electron chi connectivity index (χ1n) is 12.8. The standard InChI is InChI=1S/C31H34N4O2/c1-22-26(30(24-14-6-3-7-15-24)25-16-8-9-17-28(25)35-22)20-27(32)31(37)34-19-11-10-18-33-21-29(36)23-12-4-2-5-13-23/h2-9,12-17,27,33H,10-11,18-21,32H2,1H3,(H,34,37). The number of fused-ring (bicyclic) bond motifs is 1. The van der Waals surface area contributed by atoms with Crippen molar-refractivity contribution in [3.05, 3.63) is 102 Å². The summed E-state index contributed by atoms with van der Waals surface area (Å²) in [6, 6.07) is 26.9. The zero-order valence-corrected chi connectivity index (χ0v) is 21.2. The number of aryl methyl sites for hydroxylation is 1. The molecule has 6 heteroatoms. The summed E-state index contributed by atoms with van der Waals surface area (Å²) < 4.78 is 0. The van der Waals surface area contributed by atoms with Crippen molar-refractivity contribution < 1.29 is 9.59 Å². The molecule has 1 atom stereocenters. The number of ketones is 1. The quantitative estimate of drug-likeness (QED) is 0.200. The number of carbonyl (C=O) groups is 2. The minimum absolute atomic E-state index is 0.0771. The highest BCUT2D eigenvalue weighted by Gasteiger charge is 2.20. The van der Waals surface area contributed by atoms with Crippen LogP contribution in [0, 0.1) is 6.92 Å². The van der Waals surface area contributed by atoms with E-state index in [1.807, 2.05) is 73.7 Å². The van der Waals surface area contributed by atoms with Gasteiger partial charge in [-0.2, -0.15) is 0 Å². The summed E-state index contributed by atoms with van der Waals surface area (Å²) in [5.74, 6) is -0.0907. The van der Waals surface area contributed by atoms with Gasteiger partial charge >= 0.3 is 0 Å². The minimum atomic E-state index is -0.675. The molecule has 1 aromatic heterocycles. The molecule has 37 heavy (non-hydrogen) atoms. The van der Waals surface area contributed by atoms with E-state index in [-0.39, 0.29) is 11.7 Å². The van der Waals surface area contributed by atoms with Crippen molar-refractivity contribution in [3.63, 3.8) is 0 Å². The first-order valence-corrected chi connectivity index (χ1v) is 12.8. The Labute approximate surface area is 218 Å². The number of para-hydroxylation sites is 1. The molecule has 6 nitrogen and oxygen atoms in total. The van der Waals surface area contributed by atoms with E-state index in [1.165, 1.54) is 0 Å². The highest BCUT2D eigenvalue weighted by molar-refractivity contribution is 5.98. The van der Waals surface area contributed by atoms with Crippen molar-refractivity contribution in [2.24, 2.45) is 5.73 Å². The van der Waals surface area contributed by atoms with Gasteiger partial charge < -0.3 is 16.4 Å². The molecule has 1 heterocycles. The Morgan fingerprint density at radius 3 is 2.27 bits per heavy atom. The monoisotopic (exact) mass is 494 g/mol. The van der Waals surface area contributed by atoms with Crippen LogP contribution < -0.4 is 16.4 Å². The fourth-order valence-corrected chi connectivity index (χ4v) is 4.52. The number of Topliss-reactive ketones (excluding diaryl/α,β-unsaturated/α-hetero) is 1. The number of unbranched alkanes of at least 4 members (excludes halogenated alkanes) is 1. The van der Waals surface area contributed by atoms with Crippen LogP contribution in [0.3, 0.4) is 0 Å². The summed E-state index contributed by atoms with van der Waals surface area (Å²) in [5, 5.41) is 7.20. The highest BCUT2D eigenvalue weighted by Crippen LogP contribution is 2.33. The second-order valence-corrected chi connectivity index (χ2v) is 9.21. The fraction of sp³-hybridized carbons (Fsp3) is 0.258. The Morgan fingerprint density at radius 1 is 0.865 bits per heavy atom. The number of carbonyl (C=O) groups excluding carboxylic acids is 2. The van der Waals surface area contributed by atoms with Crippen molar-refractivity contribution >= 4 is 22.6 Å². The maximum atomic E-state index is 12.8. The lowest BCUT2D eigenvalue weighted by molar-refractivity contribution is -0.122. The predicted molar refractivity (Wildman–Crippen MR) is 149 cm³/mol. The van der Waals surface area contributed by atoms with Crippen molar-refractivity contribution in [2.45, 2.75) is 32.2 Å². The summed E-state index contributed by atoms with van der Waals surface area (Å²) >= 11 is 0. The summed E-state index contributed by atoms with van der Waals surface area (Å²) in [5.41, 5.74) is 12.1. The second-order valence-electron chi connectivity index (χ2n) is 9.21. The summed E-state index contributed by atoms with van der Waals surface area (Å²) in [7, 11) is 0. The maximum absolute atomic E-state index is 12.8. The molecule has 0 spiro atoms. The van der Waals surface area contributed by atoms with E-state index in [2.05, 4.69) is 28.8 Å². The smallest absolute Gasteiger partial charge is 0.237 e. The molecule has 190 valence electrons. The van der Waals surface area contributed by atoms with Gasteiger partial charge in [0.1, 0.15) is 0 Å². The molecule has 0 aliphatic carbocycles. The number of nitrogens with two attached hydrogens (primary N) is 1. The lowest BCUT2D eigenvalue weighted by atomic mass is 9.91. The zero-order valence-electron chi connectivity index (χ0n) is 21.2. The van der Waals surface area contributed by atoms with E-state index >= 15 is 0 Å². The number of rotatable bonds is 12. The van der Waals surface area contributed by atoms with Gasteiger partial charge in [0.2, 0.25) is 5.91 Å².